The van der Waals surface area contributed by atoms with Crippen LogP contribution in [0.1, 0.15) is 11.1 Å². The van der Waals surface area contributed by atoms with Gasteiger partial charge in [-0.25, -0.2) is 17.5 Å². The van der Waals surface area contributed by atoms with Gasteiger partial charge in [-0.05, 0) is 61.4 Å². The van der Waals surface area contributed by atoms with Crippen molar-refractivity contribution in [3.8, 4) is 5.75 Å². The van der Waals surface area contributed by atoms with Crippen LogP contribution in [-0.2, 0) is 10.0 Å². The van der Waals surface area contributed by atoms with Crippen LogP contribution in [0, 0.1) is 19.7 Å². The number of hydrogen-bond donors (Lipinski definition) is 1. The third-order valence-corrected chi connectivity index (χ3v) is 4.42. The summed E-state index contributed by atoms with van der Waals surface area (Å²) in [6.45, 7) is 4.00. The molecule has 0 heterocycles. The van der Waals surface area contributed by atoms with Crippen molar-refractivity contribution < 1.29 is 17.5 Å². The molecule has 0 saturated carbocycles. The number of nitrogens with one attached hydrogen (secondary N) is 1. The smallest absolute Gasteiger partial charge is 0.240 e. The second-order valence-corrected chi connectivity index (χ2v) is 6.79. The third-order valence-electron chi connectivity index (χ3n) is 2.98. The molecule has 6 heteroatoms. The fraction of sp³-hybridized carbons (Fsp3) is 0.250. The number of aryl methyl sites for hydroxylation is 2. The normalized spacial score (nSPS) is 11.4. The van der Waals surface area contributed by atoms with Gasteiger partial charge in [0.1, 0.15) is 18.2 Å². The minimum Gasteiger partial charge on any atom is -0.492 e. The van der Waals surface area contributed by atoms with Crippen LogP contribution in [-0.4, -0.2) is 21.6 Å². The minimum absolute atomic E-state index is 0.132. The molecule has 0 aliphatic rings. The van der Waals surface area contributed by atoms with E-state index in [0.29, 0.717) is 5.75 Å². The number of halogens is 1. The predicted octanol–water partition coefficient (Wildman–Crippen LogP) is 2.80. The molecule has 0 radical (unpaired) electrons. The summed E-state index contributed by atoms with van der Waals surface area (Å²) in [5.74, 6) is 0.148. The van der Waals surface area contributed by atoms with Crippen LogP contribution in [0.4, 0.5) is 4.39 Å². The Morgan fingerprint density at radius 2 is 1.64 bits per heavy atom. The summed E-state index contributed by atoms with van der Waals surface area (Å²) in [7, 11) is -3.56. The molecule has 118 valence electrons. The van der Waals surface area contributed by atoms with Crippen LogP contribution in [0.5, 0.6) is 5.75 Å². The number of ether oxygens (including phenoxy) is 1. The molecule has 0 bridgehead atoms. The highest BCUT2D eigenvalue weighted by atomic mass is 32.2. The van der Waals surface area contributed by atoms with Gasteiger partial charge in [-0.15, -0.1) is 0 Å². The van der Waals surface area contributed by atoms with Crippen LogP contribution in [0.2, 0.25) is 0 Å². The third kappa shape index (κ3) is 4.54. The summed E-state index contributed by atoms with van der Waals surface area (Å²) in [5, 5.41) is 0. The van der Waals surface area contributed by atoms with Gasteiger partial charge >= 0.3 is 0 Å². The molecule has 0 spiro atoms. The Hall–Kier alpha value is -1.92. The average Bonchev–Trinajstić information content (AvgIpc) is 2.44. The molecule has 0 amide bonds. The summed E-state index contributed by atoms with van der Waals surface area (Å²) in [5.41, 5.74) is 1.78. The van der Waals surface area contributed by atoms with E-state index in [2.05, 4.69) is 4.72 Å². The van der Waals surface area contributed by atoms with Crippen LogP contribution in [0.3, 0.4) is 0 Å². The zero-order valence-corrected chi connectivity index (χ0v) is 13.3. The van der Waals surface area contributed by atoms with Crippen molar-refractivity contribution in [1.29, 1.82) is 0 Å². The highest BCUT2D eigenvalue weighted by Gasteiger charge is 2.14. The largest absolute Gasteiger partial charge is 0.492 e. The van der Waals surface area contributed by atoms with Gasteiger partial charge in [0, 0.05) is 6.54 Å². The Morgan fingerprint density at radius 1 is 1.05 bits per heavy atom. The SMILES string of the molecule is Cc1cc(C)cc(S(=O)(=O)NCCOc2ccc(F)cc2)c1. The fourth-order valence-corrected chi connectivity index (χ4v) is 3.25. The molecule has 1 N–H and O–H groups in total. The molecule has 0 saturated heterocycles. The van der Waals surface area contributed by atoms with Crippen molar-refractivity contribution in [3.05, 3.63) is 59.4 Å². The van der Waals surface area contributed by atoms with Crippen molar-refractivity contribution in [2.45, 2.75) is 18.7 Å². The van der Waals surface area contributed by atoms with Gasteiger partial charge in [0.25, 0.3) is 0 Å². The van der Waals surface area contributed by atoms with Gasteiger partial charge < -0.3 is 4.74 Å². The van der Waals surface area contributed by atoms with Crippen molar-refractivity contribution in [1.82, 2.24) is 4.72 Å². The number of rotatable bonds is 6. The van der Waals surface area contributed by atoms with E-state index in [1.807, 2.05) is 19.9 Å². The molecule has 22 heavy (non-hydrogen) atoms. The van der Waals surface area contributed by atoms with E-state index < -0.39 is 10.0 Å². The van der Waals surface area contributed by atoms with Gasteiger partial charge in [0.15, 0.2) is 0 Å². The van der Waals surface area contributed by atoms with E-state index in [1.165, 1.54) is 24.3 Å². The molecule has 0 aromatic heterocycles. The maximum absolute atomic E-state index is 12.7. The van der Waals surface area contributed by atoms with Gasteiger partial charge in [0.05, 0.1) is 4.90 Å². The first-order chi connectivity index (χ1) is 10.4. The summed E-state index contributed by atoms with van der Waals surface area (Å²) >= 11 is 0. The Kier molecular flexibility index (Phi) is 5.15. The molecule has 0 aliphatic heterocycles. The average molecular weight is 323 g/mol. The lowest BCUT2D eigenvalue weighted by Gasteiger charge is -2.10. The first-order valence-electron chi connectivity index (χ1n) is 6.83. The monoisotopic (exact) mass is 323 g/mol. The second-order valence-electron chi connectivity index (χ2n) is 5.02. The summed E-state index contributed by atoms with van der Waals surface area (Å²) < 4.78 is 44.9. The lowest BCUT2D eigenvalue weighted by atomic mass is 10.2. The van der Waals surface area contributed by atoms with Gasteiger partial charge in [-0.2, -0.15) is 0 Å². The Bertz CT molecular complexity index is 722. The molecule has 0 fully saturated rings. The lowest BCUT2D eigenvalue weighted by Crippen LogP contribution is -2.28. The molecule has 4 nitrogen and oxygen atoms in total. The van der Waals surface area contributed by atoms with E-state index in [4.69, 9.17) is 4.74 Å². The van der Waals surface area contributed by atoms with Crippen LogP contribution in [0.25, 0.3) is 0 Å². The van der Waals surface area contributed by atoms with Crippen LogP contribution in [0.15, 0.2) is 47.4 Å². The predicted molar refractivity (Wildman–Crippen MR) is 83.0 cm³/mol. The molecule has 2 aromatic rings. The maximum Gasteiger partial charge on any atom is 0.240 e. The molecular weight excluding hydrogens is 305 g/mol. The van der Waals surface area contributed by atoms with Crippen molar-refractivity contribution in [2.24, 2.45) is 0 Å². The Labute approximate surface area is 130 Å². The fourth-order valence-electron chi connectivity index (χ4n) is 2.05. The van der Waals surface area contributed by atoms with Crippen molar-refractivity contribution >= 4 is 10.0 Å². The van der Waals surface area contributed by atoms with Crippen LogP contribution < -0.4 is 9.46 Å². The number of sulfonamides is 1. The summed E-state index contributed by atoms with van der Waals surface area (Å²) in [4.78, 5) is 0.242. The maximum atomic E-state index is 12.7. The molecule has 0 aliphatic carbocycles. The minimum atomic E-state index is -3.56. The Morgan fingerprint density at radius 3 is 2.23 bits per heavy atom. The topological polar surface area (TPSA) is 55.4 Å². The lowest BCUT2D eigenvalue weighted by molar-refractivity contribution is 0.322. The molecule has 0 unspecified atom stereocenters. The zero-order chi connectivity index (χ0) is 16.2. The quantitative estimate of drug-likeness (QED) is 0.832. The van der Waals surface area contributed by atoms with Crippen molar-refractivity contribution in [3.63, 3.8) is 0 Å². The number of benzene rings is 2. The van der Waals surface area contributed by atoms with E-state index in [1.54, 1.807) is 12.1 Å². The molecule has 2 rings (SSSR count). The van der Waals surface area contributed by atoms with E-state index >= 15 is 0 Å². The Balaban J connectivity index is 1.91. The van der Waals surface area contributed by atoms with Gasteiger partial charge in [0.2, 0.25) is 10.0 Å². The van der Waals surface area contributed by atoms with Gasteiger partial charge in [-0.3, -0.25) is 0 Å². The molecule has 2 aromatic carbocycles. The standard InChI is InChI=1S/C16H18FNO3S/c1-12-9-13(2)11-16(10-12)22(19,20)18-7-8-21-15-5-3-14(17)4-6-15/h3-6,9-11,18H,7-8H2,1-2H3. The highest BCUT2D eigenvalue weighted by molar-refractivity contribution is 7.89. The summed E-state index contributed by atoms with van der Waals surface area (Å²) in [6, 6.07) is 10.7. The van der Waals surface area contributed by atoms with E-state index in [0.717, 1.165) is 11.1 Å². The van der Waals surface area contributed by atoms with Crippen molar-refractivity contribution in [2.75, 3.05) is 13.2 Å². The first kappa shape index (κ1) is 16.5. The van der Waals surface area contributed by atoms with Crippen LogP contribution >= 0.6 is 0 Å². The van der Waals surface area contributed by atoms with E-state index in [9.17, 15) is 12.8 Å². The summed E-state index contributed by atoms with van der Waals surface area (Å²) in [6.07, 6.45) is 0. The number of hydrogen-bond acceptors (Lipinski definition) is 3. The van der Waals surface area contributed by atoms with Gasteiger partial charge in [-0.1, -0.05) is 6.07 Å². The zero-order valence-electron chi connectivity index (χ0n) is 12.5. The molecule has 0 atom stereocenters. The molecular formula is C16H18FNO3S. The van der Waals surface area contributed by atoms with E-state index in [-0.39, 0.29) is 23.9 Å². The first-order valence-corrected chi connectivity index (χ1v) is 8.31. The highest BCUT2D eigenvalue weighted by Crippen LogP contribution is 2.14. The second kappa shape index (κ2) is 6.89.